The fourth-order valence-electron chi connectivity index (χ4n) is 3.38. The molecule has 8 heteroatoms. The second-order valence-electron chi connectivity index (χ2n) is 6.94. The molecule has 0 N–H and O–H groups in total. The van der Waals surface area contributed by atoms with E-state index in [1.54, 1.807) is 17.2 Å². The maximum atomic E-state index is 12.2. The van der Waals surface area contributed by atoms with Crippen molar-refractivity contribution in [2.24, 2.45) is 5.92 Å². The van der Waals surface area contributed by atoms with E-state index in [0.29, 0.717) is 18.1 Å². The van der Waals surface area contributed by atoms with E-state index in [4.69, 9.17) is 11.6 Å². The molecule has 0 aliphatic carbocycles. The number of halogens is 1. The van der Waals surface area contributed by atoms with Crippen LogP contribution in [-0.2, 0) is 4.79 Å². The second kappa shape index (κ2) is 7.15. The van der Waals surface area contributed by atoms with E-state index < -0.39 is 0 Å². The molecular weight excluding hydrogens is 364 g/mol. The number of benzene rings is 1. The Morgan fingerprint density at radius 2 is 1.93 bits per heavy atom. The van der Waals surface area contributed by atoms with E-state index >= 15 is 0 Å². The molecule has 0 radical (unpaired) electrons. The van der Waals surface area contributed by atoms with Gasteiger partial charge in [0.05, 0.1) is 17.3 Å². The molecule has 1 fully saturated rings. The average Bonchev–Trinajstić information content (AvgIpc) is 3.12. The zero-order valence-electron chi connectivity index (χ0n) is 15.3. The molecule has 1 aliphatic heterocycles. The number of carbonyl (C=O) groups is 1. The third-order valence-electron chi connectivity index (χ3n) is 4.78. The highest BCUT2D eigenvalue weighted by Gasteiger charge is 2.25. The van der Waals surface area contributed by atoms with Crippen LogP contribution < -0.4 is 4.90 Å². The molecule has 1 saturated heterocycles. The topological polar surface area (TPSA) is 67.2 Å². The lowest BCUT2D eigenvalue weighted by atomic mass is 10.1. The predicted molar refractivity (Wildman–Crippen MR) is 105 cm³/mol. The lowest BCUT2D eigenvalue weighted by Gasteiger charge is -2.36. The fraction of sp³-hybridized carbons (Fsp3) is 0.368. The number of rotatable bonds is 3. The minimum atomic E-state index is 0.0261. The van der Waals surface area contributed by atoms with Crippen LogP contribution in [0, 0.1) is 5.92 Å². The molecule has 0 unspecified atom stereocenters. The summed E-state index contributed by atoms with van der Waals surface area (Å²) in [4.78, 5) is 25.2. The number of anilines is 1. The number of hydrogen-bond acceptors (Lipinski definition) is 5. The first-order valence-corrected chi connectivity index (χ1v) is 9.41. The van der Waals surface area contributed by atoms with Gasteiger partial charge in [0, 0.05) is 37.1 Å². The Hall–Kier alpha value is -2.67. The molecule has 1 amide bonds. The van der Waals surface area contributed by atoms with Gasteiger partial charge >= 0.3 is 0 Å². The van der Waals surface area contributed by atoms with Crippen molar-refractivity contribution in [1.82, 2.24) is 24.6 Å². The van der Waals surface area contributed by atoms with Crippen LogP contribution in [0.4, 0.5) is 5.82 Å². The van der Waals surface area contributed by atoms with E-state index in [0.717, 1.165) is 35.6 Å². The van der Waals surface area contributed by atoms with E-state index in [1.807, 2.05) is 43.0 Å². The summed E-state index contributed by atoms with van der Waals surface area (Å²) in [7, 11) is 0. The molecule has 3 heterocycles. The number of nitrogens with zero attached hydrogens (tertiary/aromatic N) is 6. The molecule has 1 aliphatic rings. The van der Waals surface area contributed by atoms with Crippen LogP contribution in [-0.4, -0.2) is 56.7 Å². The van der Waals surface area contributed by atoms with Crippen molar-refractivity contribution in [3.8, 4) is 5.69 Å². The molecule has 27 heavy (non-hydrogen) atoms. The third-order valence-corrected chi connectivity index (χ3v) is 5.02. The molecule has 4 rings (SSSR count). The molecule has 2 aromatic heterocycles. The van der Waals surface area contributed by atoms with Crippen LogP contribution in [0.5, 0.6) is 0 Å². The van der Waals surface area contributed by atoms with Crippen molar-refractivity contribution >= 4 is 34.4 Å². The number of aromatic nitrogens is 4. The molecule has 0 atom stereocenters. The summed E-state index contributed by atoms with van der Waals surface area (Å²) in [6, 6.07) is 7.51. The Morgan fingerprint density at radius 3 is 2.63 bits per heavy atom. The number of carbonyl (C=O) groups excluding carboxylic acids is 1. The lowest BCUT2D eigenvalue weighted by Crippen LogP contribution is -2.50. The molecule has 140 valence electrons. The van der Waals surface area contributed by atoms with Gasteiger partial charge in [0.15, 0.2) is 5.65 Å². The van der Waals surface area contributed by atoms with Crippen molar-refractivity contribution < 1.29 is 4.79 Å². The van der Waals surface area contributed by atoms with Crippen molar-refractivity contribution in [2.75, 3.05) is 31.1 Å². The number of amides is 1. The van der Waals surface area contributed by atoms with Crippen molar-refractivity contribution in [3.05, 3.63) is 41.8 Å². The Kier molecular flexibility index (Phi) is 4.70. The molecule has 0 spiro atoms. The smallest absolute Gasteiger partial charge is 0.225 e. The van der Waals surface area contributed by atoms with Gasteiger partial charge in [-0.1, -0.05) is 31.5 Å². The van der Waals surface area contributed by atoms with Gasteiger partial charge in [-0.15, -0.1) is 0 Å². The molecule has 3 aromatic rings. The zero-order valence-corrected chi connectivity index (χ0v) is 16.1. The highest BCUT2D eigenvalue weighted by Crippen LogP contribution is 2.26. The summed E-state index contributed by atoms with van der Waals surface area (Å²) in [5.41, 5.74) is 1.59. The van der Waals surface area contributed by atoms with Gasteiger partial charge in [-0.3, -0.25) is 4.79 Å². The summed E-state index contributed by atoms with van der Waals surface area (Å²) in [5.74, 6) is 1.08. The summed E-state index contributed by atoms with van der Waals surface area (Å²) < 4.78 is 1.77. The number of hydrogen-bond donors (Lipinski definition) is 0. The van der Waals surface area contributed by atoms with Crippen molar-refractivity contribution in [1.29, 1.82) is 0 Å². The predicted octanol–water partition coefficient (Wildman–Crippen LogP) is 2.77. The van der Waals surface area contributed by atoms with Crippen LogP contribution >= 0.6 is 11.6 Å². The standard InChI is InChI=1S/C19H21ClN6O/c1-13(2)19(27)25-8-6-24(7-9-25)17-16-11-23-26(18(16)22-12-21-17)15-5-3-4-14(20)10-15/h3-5,10-13H,6-9H2,1-2H3. The molecule has 0 bridgehead atoms. The quantitative estimate of drug-likeness (QED) is 0.694. The summed E-state index contributed by atoms with van der Waals surface area (Å²) in [5, 5.41) is 6.03. The Balaban J connectivity index is 1.62. The summed E-state index contributed by atoms with van der Waals surface area (Å²) >= 11 is 6.11. The van der Waals surface area contributed by atoms with Crippen LogP contribution in [0.15, 0.2) is 36.8 Å². The van der Waals surface area contributed by atoms with Gasteiger partial charge in [-0.25, -0.2) is 14.6 Å². The van der Waals surface area contributed by atoms with E-state index in [-0.39, 0.29) is 11.8 Å². The molecule has 1 aromatic carbocycles. The van der Waals surface area contributed by atoms with Gasteiger partial charge in [-0.05, 0) is 18.2 Å². The Bertz CT molecular complexity index is 977. The molecular formula is C19H21ClN6O. The normalized spacial score (nSPS) is 15.0. The van der Waals surface area contributed by atoms with Crippen LogP contribution in [0.25, 0.3) is 16.7 Å². The maximum Gasteiger partial charge on any atom is 0.225 e. The highest BCUT2D eigenvalue weighted by atomic mass is 35.5. The minimum Gasteiger partial charge on any atom is -0.352 e. The maximum absolute atomic E-state index is 12.2. The van der Waals surface area contributed by atoms with E-state index in [1.165, 1.54) is 0 Å². The SMILES string of the molecule is CC(C)C(=O)N1CCN(c2ncnc3c2cnn3-c2cccc(Cl)c2)CC1. The first kappa shape index (κ1) is 17.7. The van der Waals surface area contributed by atoms with E-state index in [9.17, 15) is 4.79 Å². The van der Waals surface area contributed by atoms with Gasteiger partial charge in [0.2, 0.25) is 5.91 Å². The molecule has 7 nitrogen and oxygen atoms in total. The summed E-state index contributed by atoms with van der Waals surface area (Å²) in [6.07, 6.45) is 3.35. The van der Waals surface area contributed by atoms with Gasteiger partial charge in [0.25, 0.3) is 0 Å². The zero-order chi connectivity index (χ0) is 19.0. The fourth-order valence-corrected chi connectivity index (χ4v) is 3.57. The average molecular weight is 385 g/mol. The van der Waals surface area contributed by atoms with Crippen LogP contribution in [0.3, 0.4) is 0 Å². The van der Waals surface area contributed by atoms with E-state index in [2.05, 4.69) is 20.0 Å². The highest BCUT2D eigenvalue weighted by molar-refractivity contribution is 6.30. The Morgan fingerprint density at radius 1 is 1.15 bits per heavy atom. The van der Waals surface area contributed by atoms with Crippen molar-refractivity contribution in [3.63, 3.8) is 0 Å². The lowest BCUT2D eigenvalue weighted by molar-refractivity contribution is -0.134. The number of fused-ring (bicyclic) bond motifs is 1. The number of piperazine rings is 1. The van der Waals surface area contributed by atoms with Crippen molar-refractivity contribution in [2.45, 2.75) is 13.8 Å². The van der Waals surface area contributed by atoms with Crippen LogP contribution in [0.2, 0.25) is 5.02 Å². The molecule has 0 saturated carbocycles. The summed E-state index contributed by atoms with van der Waals surface area (Å²) in [6.45, 7) is 6.76. The Labute approximate surface area is 162 Å². The second-order valence-corrected chi connectivity index (χ2v) is 7.37. The monoisotopic (exact) mass is 384 g/mol. The largest absolute Gasteiger partial charge is 0.352 e. The first-order chi connectivity index (χ1) is 13.0. The van der Waals surface area contributed by atoms with Gasteiger partial charge in [-0.2, -0.15) is 5.10 Å². The van der Waals surface area contributed by atoms with Gasteiger partial charge in [0.1, 0.15) is 12.1 Å². The first-order valence-electron chi connectivity index (χ1n) is 9.03. The third kappa shape index (κ3) is 3.35. The van der Waals surface area contributed by atoms with Gasteiger partial charge < -0.3 is 9.80 Å². The minimum absolute atomic E-state index is 0.0261. The van der Waals surface area contributed by atoms with Crippen LogP contribution in [0.1, 0.15) is 13.8 Å².